The predicted molar refractivity (Wildman–Crippen MR) is 128 cm³/mol. The number of esters is 2. The van der Waals surface area contributed by atoms with Crippen molar-refractivity contribution in [3.8, 4) is 0 Å². The minimum Gasteiger partial charge on any atom is -0.465 e. The van der Waals surface area contributed by atoms with E-state index >= 15 is 0 Å². The van der Waals surface area contributed by atoms with E-state index < -0.39 is 22.0 Å². The molecule has 1 aliphatic heterocycles. The van der Waals surface area contributed by atoms with Crippen LogP contribution < -0.4 is 10.6 Å². The molecule has 2 aromatic rings. The molecule has 2 N–H and O–H groups in total. The number of thiocarbonyl (C=S) groups is 1. The summed E-state index contributed by atoms with van der Waals surface area (Å²) in [4.78, 5) is 24.7. The Hall–Kier alpha value is -2.58. The van der Waals surface area contributed by atoms with Gasteiger partial charge in [-0.25, -0.2) is 18.0 Å². The number of nitrogens with zero attached hydrogens (tertiary/aromatic N) is 1. The molecule has 10 nitrogen and oxygen atoms in total. The van der Waals surface area contributed by atoms with E-state index in [1.165, 1.54) is 30.7 Å². The zero-order valence-corrected chi connectivity index (χ0v) is 20.6. The van der Waals surface area contributed by atoms with Crippen molar-refractivity contribution in [1.29, 1.82) is 0 Å². The minimum absolute atomic E-state index is 0.140. The summed E-state index contributed by atoms with van der Waals surface area (Å²) >= 11 is 6.35. The number of sulfonamides is 1. The lowest BCUT2D eigenvalue weighted by atomic mass is 10.1. The molecule has 178 valence electrons. The molecule has 0 aliphatic carbocycles. The van der Waals surface area contributed by atoms with Gasteiger partial charge in [0.25, 0.3) is 0 Å². The summed E-state index contributed by atoms with van der Waals surface area (Å²) in [6.45, 7) is 2.97. The molecule has 0 unspecified atom stereocenters. The Kier molecular flexibility index (Phi) is 8.02. The number of carbonyl (C=O) groups is 2. The first-order chi connectivity index (χ1) is 15.7. The van der Waals surface area contributed by atoms with Crippen molar-refractivity contribution in [3.05, 3.63) is 40.3 Å². The second kappa shape index (κ2) is 10.6. The summed E-state index contributed by atoms with van der Waals surface area (Å²) in [5.41, 5.74) is 1.13. The number of carbonyl (C=O) groups excluding carboxylic acids is 2. The fourth-order valence-electron chi connectivity index (χ4n) is 3.15. The molecule has 1 saturated heterocycles. The van der Waals surface area contributed by atoms with Crippen LogP contribution in [0.25, 0.3) is 0 Å². The number of ether oxygens (including phenoxy) is 3. The predicted octanol–water partition coefficient (Wildman–Crippen LogP) is 2.46. The molecule has 13 heteroatoms. The Labute approximate surface area is 200 Å². The standard InChI is InChI=1S/C20H23N3O7S3/c1-12-15(18(24)28-2)17(32-16(12)19(25)29-3)22-20(31)21-13-4-6-14(7-5-13)33(26,27)23-8-10-30-11-9-23/h4-7H,8-11H2,1-3H3,(H2,21,22,31). The Bertz CT molecular complexity index is 1150. The summed E-state index contributed by atoms with van der Waals surface area (Å²) in [5.74, 6) is -1.20. The van der Waals surface area contributed by atoms with E-state index in [0.29, 0.717) is 42.6 Å². The maximum absolute atomic E-state index is 12.7. The van der Waals surface area contributed by atoms with Crippen LogP contribution in [0.5, 0.6) is 0 Å². The van der Waals surface area contributed by atoms with Crippen LogP contribution in [0.3, 0.4) is 0 Å². The summed E-state index contributed by atoms with van der Waals surface area (Å²) in [5, 5.41) is 6.30. The molecular weight excluding hydrogens is 490 g/mol. The lowest BCUT2D eigenvalue weighted by Crippen LogP contribution is -2.40. The highest BCUT2D eigenvalue weighted by atomic mass is 32.2. The summed E-state index contributed by atoms with van der Waals surface area (Å²) < 4.78 is 41.7. The van der Waals surface area contributed by atoms with Crippen molar-refractivity contribution in [2.45, 2.75) is 11.8 Å². The van der Waals surface area contributed by atoms with Gasteiger partial charge in [-0.2, -0.15) is 4.31 Å². The molecular formula is C20H23N3O7S3. The zero-order valence-electron chi connectivity index (χ0n) is 18.2. The van der Waals surface area contributed by atoms with Crippen LogP contribution in [0.1, 0.15) is 25.6 Å². The van der Waals surface area contributed by atoms with Gasteiger partial charge in [0.05, 0.1) is 37.9 Å². The highest BCUT2D eigenvalue weighted by Crippen LogP contribution is 2.34. The van der Waals surface area contributed by atoms with Crippen molar-refractivity contribution < 1.29 is 32.2 Å². The van der Waals surface area contributed by atoms with Crippen molar-refractivity contribution in [3.63, 3.8) is 0 Å². The highest BCUT2D eigenvalue weighted by Gasteiger charge is 2.27. The molecule has 0 amide bonds. The molecule has 0 bridgehead atoms. The Morgan fingerprint density at radius 3 is 2.24 bits per heavy atom. The SMILES string of the molecule is COC(=O)c1sc(NC(=S)Nc2ccc(S(=O)(=O)N3CCOCC3)cc2)c(C(=O)OC)c1C. The molecule has 3 rings (SSSR count). The van der Waals surface area contributed by atoms with E-state index in [4.69, 9.17) is 26.4 Å². The monoisotopic (exact) mass is 513 g/mol. The van der Waals surface area contributed by atoms with E-state index in [1.54, 1.807) is 19.1 Å². The van der Waals surface area contributed by atoms with Gasteiger partial charge in [-0.05, 0) is 49.0 Å². The van der Waals surface area contributed by atoms with Crippen LogP contribution in [-0.4, -0.2) is 70.3 Å². The number of hydrogen-bond acceptors (Lipinski definition) is 9. The van der Waals surface area contributed by atoms with Crippen molar-refractivity contribution >= 4 is 61.3 Å². The van der Waals surface area contributed by atoms with Crippen molar-refractivity contribution in [2.24, 2.45) is 0 Å². The number of hydrogen-bond donors (Lipinski definition) is 2. The van der Waals surface area contributed by atoms with Gasteiger partial charge in [0.2, 0.25) is 10.0 Å². The summed E-state index contributed by atoms with van der Waals surface area (Å²) in [6, 6.07) is 6.14. The number of morpholine rings is 1. The second-order valence-electron chi connectivity index (χ2n) is 6.86. The molecule has 1 aromatic carbocycles. The van der Waals surface area contributed by atoms with Crippen LogP contribution in [0.2, 0.25) is 0 Å². The topological polar surface area (TPSA) is 123 Å². The number of nitrogens with one attached hydrogen (secondary N) is 2. The zero-order chi connectivity index (χ0) is 24.2. The third-order valence-corrected chi connectivity index (χ3v) is 8.16. The Morgan fingerprint density at radius 1 is 1.06 bits per heavy atom. The van der Waals surface area contributed by atoms with E-state index in [1.807, 2.05) is 0 Å². The van der Waals surface area contributed by atoms with Crippen LogP contribution in [0.4, 0.5) is 10.7 Å². The number of benzene rings is 1. The fourth-order valence-corrected chi connectivity index (χ4v) is 5.96. The van der Waals surface area contributed by atoms with Gasteiger partial charge in [0.15, 0.2) is 5.11 Å². The lowest BCUT2D eigenvalue weighted by Gasteiger charge is -2.26. The van der Waals surface area contributed by atoms with Gasteiger partial charge in [0.1, 0.15) is 9.88 Å². The van der Waals surface area contributed by atoms with Gasteiger partial charge in [-0.1, -0.05) is 0 Å². The molecule has 1 aromatic heterocycles. The van der Waals surface area contributed by atoms with Crippen LogP contribution in [0.15, 0.2) is 29.2 Å². The third kappa shape index (κ3) is 5.50. The smallest absolute Gasteiger partial charge is 0.348 e. The number of thiophene rings is 1. The molecule has 33 heavy (non-hydrogen) atoms. The number of methoxy groups -OCH3 is 2. The van der Waals surface area contributed by atoms with Gasteiger partial charge in [-0.3, -0.25) is 0 Å². The molecule has 0 radical (unpaired) electrons. The van der Waals surface area contributed by atoms with Crippen LogP contribution >= 0.6 is 23.6 Å². The van der Waals surface area contributed by atoms with Gasteiger partial charge >= 0.3 is 11.9 Å². The Morgan fingerprint density at radius 2 is 1.67 bits per heavy atom. The maximum atomic E-state index is 12.7. The van der Waals surface area contributed by atoms with Gasteiger partial charge in [0, 0.05) is 18.8 Å². The van der Waals surface area contributed by atoms with Crippen molar-refractivity contribution in [2.75, 3.05) is 51.2 Å². The molecule has 0 saturated carbocycles. The van der Waals surface area contributed by atoms with Gasteiger partial charge < -0.3 is 24.8 Å². The highest BCUT2D eigenvalue weighted by molar-refractivity contribution is 7.89. The Balaban J connectivity index is 1.75. The fraction of sp³-hybridized carbons (Fsp3) is 0.350. The first-order valence-electron chi connectivity index (χ1n) is 9.75. The summed E-state index contributed by atoms with van der Waals surface area (Å²) in [7, 11) is -1.11. The van der Waals surface area contributed by atoms with E-state index in [2.05, 4.69) is 10.6 Å². The van der Waals surface area contributed by atoms with Gasteiger partial charge in [-0.15, -0.1) is 11.3 Å². The second-order valence-corrected chi connectivity index (χ2v) is 10.2. The first kappa shape index (κ1) is 25.1. The molecule has 1 fully saturated rings. The quantitative estimate of drug-likeness (QED) is 0.440. The average Bonchev–Trinajstić information content (AvgIpc) is 3.14. The minimum atomic E-state index is -3.60. The largest absolute Gasteiger partial charge is 0.465 e. The third-order valence-electron chi connectivity index (χ3n) is 4.85. The van der Waals surface area contributed by atoms with E-state index in [0.717, 1.165) is 11.3 Å². The van der Waals surface area contributed by atoms with E-state index in [9.17, 15) is 18.0 Å². The summed E-state index contributed by atoms with van der Waals surface area (Å²) in [6.07, 6.45) is 0. The molecule has 1 aliphatic rings. The molecule has 2 heterocycles. The average molecular weight is 514 g/mol. The molecule has 0 atom stereocenters. The normalized spacial score (nSPS) is 14.4. The van der Waals surface area contributed by atoms with E-state index in [-0.39, 0.29) is 20.4 Å². The lowest BCUT2D eigenvalue weighted by molar-refractivity contribution is 0.0601. The maximum Gasteiger partial charge on any atom is 0.348 e. The van der Waals surface area contributed by atoms with Crippen LogP contribution in [0, 0.1) is 6.92 Å². The molecule has 0 spiro atoms. The first-order valence-corrected chi connectivity index (χ1v) is 12.4. The van der Waals surface area contributed by atoms with Crippen molar-refractivity contribution in [1.82, 2.24) is 4.31 Å². The number of anilines is 2. The number of rotatable bonds is 6. The van der Waals surface area contributed by atoms with Crippen LogP contribution in [-0.2, 0) is 24.2 Å².